The van der Waals surface area contributed by atoms with Crippen molar-refractivity contribution in [2.45, 2.75) is 32.9 Å². The fourth-order valence-corrected chi connectivity index (χ4v) is 2.54. The Labute approximate surface area is 145 Å². The SMILES string of the molecule is CCc1cccc(C)c1NCCC(=O)Nc1ccc(C(F)(F)F)cc1. The zero-order chi connectivity index (χ0) is 18.4. The molecule has 2 aromatic carbocycles. The van der Waals surface area contributed by atoms with Crippen LogP contribution in [-0.4, -0.2) is 12.5 Å². The molecule has 0 aliphatic heterocycles. The highest BCUT2D eigenvalue weighted by molar-refractivity contribution is 5.91. The van der Waals surface area contributed by atoms with Crippen molar-refractivity contribution >= 4 is 17.3 Å². The van der Waals surface area contributed by atoms with E-state index in [0.717, 1.165) is 29.8 Å². The third-order valence-corrected chi connectivity index (χ3v) is 3.89. The number of amides is 1. The summed E-state index contributed by atoms with van der Waals surface area (Å²) in [5, 5.41) is 5.87. The summed E-state index contributed by atoms with van der Waals surface area (Å²) in [5.41, 5.74) is 2.94. The van der Waals surface area contributed by atoms with Crippen LogP contribution < -0.4 is 10.6 Å². The second kappa shape index (κ2) is 8.05. The van der Waals surface area contributed by atoms with Crippen LogP contribution in [0.4, 0.5) is 24.5 Å². The van der Waals surface area contributed by atoms with Crippen LogP contribution in [0.15, 0.2) is 42.5 Å². The number of hydrogen-bond donors (Lipinski definition) is 2. The first kappa shape index (κ1) is 18.8. The van der Waals surface area contributed by atoms with Crippen LogP contribution in [0.1, 0.15) is 30.0 Å². The van der Waals surface area contributed by atoms with Crippen LogP contribution in [0.2, 0.25) is 0 Å². The van der Waals surface area contributed by atoms with Crippen molar-refractivity contribution in [1.82, 2.24) is 0 Å². The number of para-hydroxylation sites is 1. The van der Waals surface area contributed by atoms with Gasteiger partial charge in [0.2, 0.25) is 5.91 Å². The van der Waals surface area contributed by atoms with Crippen LogP contribution in [0, 0.1) is 6.92 Å². The van der Waals surface area contributed by atoms with Crippen molar-refractivity contribution in [1.29, 1.82) is 0 Å². The second-order valence-electron chi connectivity index (χ2n) is 5.76. The zero-order valence-corrected chi connectivity index (χ0v) is 14.2. The predicted molar refractivity (Wildman–Crippen MR) is 93.7 cm³/mol. The van der Waals surface area contributed by atoms with Crippen molar-refractivity contribution < 1.29 is 18.0 Å². The second-order valence-corrected chi connectivity index (χ2v) is 5.76. The molecule has 3 nitrogen and oxygen atoms in total. The molecule has 0 aliphatic rings. The van der Waals surface area contributed by atoms with E-state index in [0.29, 0.717) is 12.2 Å². The summed E-state index contributed by atoms with van der Waals surface area (Å²) < 4.78 is 37.5. The van der Waals surface area contributed by atoms with Gasteiger partial charge in [0.1, 0.15) is 0 Å². The highest BCUT2D eigenvalue weighted by atomic mass is 19.4. The topological polar surface area (TPSA) is 41.1 Å². The maximum Gasteiger partial charge on any atom is 0.416 e. The molecule has 0 fully saturated rings. The summed E-state index contributed by atoms with van der Waals surface area (Å²) >= 11 is 0. The number of carbonyl (C=O) groups is 1. The highest BCUT2D eigenvalue weighted by Gasteiger charge is 2.29. The minimum absolute atomic E-state index is 0.221. The fourth-order valence-electron chi connectivity index (χ4n) is 2.54. The van der Waals surface area contributed by atoms with Crippen molar-refractivity contribution in [3.05, 3.63) is 59.2 Å². The Balaban J connectivity index is 1.87. The summed E-state index contributed by atoms with van der Waals surface area (Å²) in [5.74, 6) is -0.251. The number of halogens is 3. The molecule has 0 atom stereocenters. The van der Waals surface area contributed by atoms with Crippen LogP contribution in [0.3, 0.4) is 0 Å². The third-order valence-electron chi connectivity index (χ3n) is 3.89. The van der Waals surface area contributed by atoms with Crippen LogP contribution >= 0.6 is 0 Å². The molecule has 0 radical (unpaired) electrons. The number of hydrogen-bond acceptors (Lipinski definition) is 2. The maximum absolute atomic E-state index is 12.5. The zero-order valence-electron chi connectivity index (χ0n) is 14.2. The van der Waals surface area contributed by atoms with E-state index in [2.05, 4.69) is 17.6 Å². The molecule has 0 saturated carbocycles. The number of alkyl halides is 3. The Morgan fingerprint density at radius 1 is 1.08 bits per heavy atom. The smallest absolute Gasteiger partial charge is 0.384 e. The van der Waals surface area contributed by atoms with Gasteiger partial charge in [-0.1, -0.05) is 25.1 Å². The Hall–Kier alpha value is -2.50. The highest BCUT2D eigenvalue weighted by Crippen LogP contribution is 2.29. The molecule has 0 aliphatic carbocycles. The molecule has 2 N–H and O–H groups in total. The van der Waals surface area contributed by atoms with Crippen LogP contribution in [-0.2, 0) is 17.4 Å². The average Bonchev–Trinajstić information content (AvgIpc) is 2.56. The molecular weight excluding hydrogens is 329 g/mol. The molecule has 0 heterocycles. The molecule has 2 aromatic rings. The van der Waals surface area contributed by atoms with E-state index in [4.69, 9.17) is 0 Å². The largest absolute Gasteiger partial charge is 0.416 e. The lowest BCUT2D eigenvalue weighted by Crippen LogP contribution is -2.17. The van der Waals surface area contributed by atoms with Gasteiger partial charge in [0.25, 0.3) is 0 Å². The Bertz CT molecular complexity index is 724. The lowest BCUT2D eigenvalue weighted by molar-refractivity contribution is -0.137. The summed E-state index contributed by atoms with van der Waals surface area (Å²) in [4.78, 5) is 12.0. The van der Waals surface area contributed by atoms with Crippen molar-refractivity contribution in [3.63, 3.8) is 0 Å². The maximum atomic E-state index is 12.5. The van der Waals surface area contributed by atoms with E-state index in [9.17, 15) is 18.0 Å². The Kier molecular flexibility index (Phi) is 6.07. The van der Waals surface area contributed by atoms with Gasteiger partial charge < -0.3 is 10.6 Å². The lowest BCUT2D eigenvalue weighted by atomic mass is 10.1. The molecule has 0 saturated heterocycles. The van der Waals surface area contributed by atoms with Gasteiger partial charge in [-0.2, -0.15) is 13.2 Å². The Morgan fingerprint density at radius 2 is 1.76 bits per heavy atom. The first-order valence-electron chi connectivity index (χ1n) is 8.10. The third kappa shape index (κ3) is 5.24. The average molecular weight is 350 g/mol. The van der Waals surface area contributed by atoms with Crippen LogP contribution in [0.5, 0.6) is 0 Å². The number of nitrogens with one attached hydrogen (secondary N) is 2. The van der Waals surface area contributed by atoms with E-state index < -0.39 is 11.7 Å². The minimum Gasteiger partial charge on any atom is -0.384 e. The van der Waals surface area contributed by atoms with E-state index in [-0.39, 0.29) is 12.3 Å². The molecule has 0 aromatic heterocycles. The number of aryl methyl sites for hydroxylation is 2. The van der Waals surface area contributed by atoms with Gasteiger partial charge in [0.15, 0.2) is 0 Å². The van der Waals surface area contributed by atoms with E-state index >= 15 is 0 Å². The molecule has 2 rings (SSSR count). The van der Waals surface area contributed by atoms with Gasteiger partial charge in [0.05, 0.1) is 5.56 Å². The van der Waals surface area contributed by atoms with Crippen molar-refractivity contribution in [2.24, 2.45) is 0 Å². The standard InChI is InChI=1S/C19H21F3N2O/c1-3-14-6-4-5-13(2)18(14)23-12-11-17(25)24-16-9-7-15(8-10-16)19(20,21)22/h4-10,23H,3,11-12H2,1-2H3,(H,24,25). The summed E-state index contributed by atoms with van der Waals surface area (Å²) in [7, 11) is 0. The summed E-state index contributed by atoms with van der Waals surface area (Å²) in [6.07, 6.45) is -3.27. The van der Waals surface area contributed by atoms with Gasteiger partial charge in [-0.05, 0) is 48.7 Å². The summed E-state index contributed by atoms with van der Waals surface area (Å²) in [6, 6.07) is 10.5. The van der Waals surface area contributed by atoms with E-state index in [1.54, 1.807) is 0 Å². The van der Waals surface area contributed by atoms with Gasteiger partial charge in [-0.15, -0.1) is 0 Å². The molecule has 0 spiro atoms. The molecule has 0 unspecified atom stereocenters. The molecule has 6 heteroatoms. The van der Waals surface area contributed by atoms with Gasteiger partial charge >= 0.3 is 6.18 Å². The number of benzene rings is 2. The predicted octanol–water partition coefficient (Wildman–Crippen LogP) is 5.02. The van der Waals surface area contributed by atoms with Crippen molar-refractivity contribution in [3.8, 4) is 0 Å². The first-order valence-corrected chi connectivity index (χ1v) is 8.10. The minimum atomic E-state index is -4.38. The van der Waals surface area contributed by atoms with Crippen molar-refractivity contribution in [2.75, 3.05) is 17.2 Å². The molecule has 25 heavy (non-hydrogen) atoms. The quantitative estimate of drug-likeness (QED) is 0.768. The number of carbonyl (C=O) groups excluding carboxylic acids is 1. The Morgan fingerprint density at radius 3 is 2.36 bits per heavy atom. The van der Waals surface area contributed by atoms with Gasteiger partial charge in [-0.25, -0.2) is 0 Å². The normalized spacial score (nSPS) is 11.2. The number of anilines is 2. The monoisotopic (exact) mass is 350 g/mol. The van der Waals surface area contributed by atoms with E-state index in [1.807, 2.05) is 25.1 Å². The first-order chi connectivity index (χ1) is 11.8. The molecular formula is C19H21F3N2O. The van der Waals surface area contributed by atoms with E-state index in [1.165, 1.54) is 17.7 Å². The molecule has 134 valence electrons. The molecule has 0 bridgehead atoms. The van der Waals surface area contributed by atoms with Gasteiger partial charge in [0, 0.05) is 24.3 Å². The van der Waals surface area contributed by atoms with Gasteiger partial charge in [-0.3, -0.25) is 4.79 Å². The lowest BCUT2D eigenvalue weighted by Gasteiger charge is -2.14. The number of rotatable bonds is 6. The van der Waals surface area contributed by atoms with Crippen LogP contribution in [0.25, 0.3) is 0 Å². The summed E-state index contributed by atoms with van der Waals surface area (Å²) in [6.45, 7) is 4.52. The fraction of sp³-hybridized carbons (Fsp3) is 0.316. The molecule has 1 amide bonds.